The molecule has 1 heterocycles. The van der Waals surface area contributed by atoms with Crippen molar-refractivity contribution >= 4 is 39.9 Å². The van der Waals surface area contributed by atoms with Gasteiger partial charge >= 0.3 is 0 Å². The van der Waals surface area contributed by atoms with Crippen LogP contribution < -0.4 is 10.2 Å². The Labute approximate surface area is 162 Å². The summed E-state index contributed by atoms with van der Waals surface area (Å²) in [6.07, 6.45) is 0. The Kier molecular flexibility index (Phi) is 4.31. The third-order valence-corrected chi connectivity index (χ3v) is 4.75. The van der Waals surface area contributed by atoms with Crippen molar-refractivity contribution in [3.8, 4) is 0 Å². The van der Waals surface area contributed by atoms with E-state index in [0.717, 1.165) is 16.5 Å². The van der Waals surface area contributed by atoms with Gasteiger partial charge in [0.05, 0.1) is 5.69 Å². The van der Waals surface area contributed by atoms with Gasteiger partial charge in [-0.1, -0.05) is 30.3 Å². The van der Waals surface area contributed by atoms with Crippen molar-refractivity contribution in [1.82, 2.24) is 4.90 Å². The molecule has 3 aromatic rings. The first-order valence-corrected chi connectivity index (χ1v) is 8.91. The predicted octanol–water partition coefficient (Wildman–Crippen LogP) is 3.14. The summed E-state index contributed by atoms with van der Waals surface area (Å²) >= 11 is 0. The lowest BCUT2D eigenvalue weighted by Crippen LogP contribution is -2.35. The molecule has 4 rings (SSSR count). The Balaban J connectivity index is 1.54. The highest BCUT2D eigenvalue weighted by Crippen LogP contribution is 2.36. The molecule has 0 spiro atoms. The zero-order valence-corrected chi connectivity index (χ0v) is 15.6. The third-order valence-electron chi connectivity index (χ3n) is 4.75. The summed E-state index contributed by atoms with van der Waals surface area (Å²) in [6, 6.07) is 18.0. The largest absolute Gasteiger partial charge is 0.345 e. The SMILES string of the molecule is CN(C)C(=O)c1cccc(NC(=O)CN2C(=O)c3cccc4cccc2c34)c1. The van der Waals surface area contributed by atoms with E-state index in [2.05, 4.69) is 5.32 Å². The number of carbonyl (C=O) groups is 3. The lowest BCUT2D eigenvalue weighted by Gasteiger charge is -2.17. The van der Waals surface area contributed by atoms with Gasteiger partial charge in [0.1, 0.15) is 6.54 Å². The number of benzene rings is 3. The quantitative estimate of drug-likeness (QED) is 0.764. The van der Waals surface area contributed by atoms with Crippen molar-refractivity contribution in [2.75, 3.05) is 30.9 Å². The van der Waals surface area contributed by atoms with E-state index in [-0.39, 0.29) is 24.3 Å². The van der Waals surface area contributed by atoms with Crippen LogP contribution in [0.25, 0.3) is 10.8 Å². The first-order valence-electron chi connectivity index (χ1n) is 8.91. The van der Waals surface area contributed by atoms with Crippen LogP contribution in [0.5, 0.6) is 0 Å². The van der Waals surface area contributed by atoms with Gasteiger partial charge in [-0.15, -0.1) is 0 Å². The molecular formula is C22H19N3O3. The number of anilines is 2. The van der Waals surface area contributed by atoms with Crippen molar-refractivity contribution in [1.29, 1.82) is 0 Å². The van der Waals surface area contributed by atoms with Gasteiger partial charge in [0.15, 0.2) is 0 Å². The molecule has 6 heteroatoms. The van der Waals surface area contributed by atoms with E-state index in [9.17, 15) is 14.4 Å². The fourth-order valence-corrected chi connectivity index (χ4v) is 3.47. The van der Waals surface area contributed by atoms with Crippen molar-refractivity contribution in [3.63, 3.8) is 0 Å². The fraction of sp³-hybridized carbons (Fsp3) is 0.136. The van der Waals surface area contributed by atoms with Crippen molar-refractivity contribution < 1.29 is 14.4 Å². The maximum absolute atomic E-state index is 12.8. The topological polar surface area (TPSA) is 69.7 Å². The van der Waals surface area contributed by atoms with Gasteiger partial charge < -0.3 is 10.2 Å². The van der Waals surface area contributed by atoms with Crippen molar-refractivity contribution in [2.45, 2.75) is 0 Å². The van der Waals surface area contributed by atoms with E-state index >= 15 is 0 Å². The number of nitrogens with zero attached hydrogens (tertiary/aromatic N) is 2. The minimum atomic E-state index is -0.326. The lowest BCUT2D eigenvalue weighted by molar-refractivity contribution is -0.114. The third kappa shape index (κ3) is 2.99. The molecule has 0 fully saturated rings. The van der Waals surface area contributed by atoms with Crippen molar-refractivity contribution in [3.05, 3.63) is 71.8 Å². The summed E-state index contributed by atoms with van der Waals surface area (Å²) in [7, 11) is 3.34. The molecule has 1 N–H and O–H groups in total. The van der Waals surface area contributed by atoms with Gasteiger partial charge in [-0.05, 0) is 35.7 Å². The van der Waals surface area contributed by atoms with Crippen LogP contribution in [0, 0.1) is 0 Å². The Morgan fingerprint density at radius 2 is 1.71 bits per heavy atom. The Hall–Kier alpha value is -3.67. The van der Waals surface area contributed by atoms with E-state index in [0.29, 0.717) is 16.8 Å². The number of rotatable bonds is 4. The average molecular weight is 373 g/mol. The summed E-state index contributed by atoms with van der Waals surface area (Å²) < 4.78 is 0. The molecule has 140 valence electrons. The normalized spacial score (nSPS) is 12.4. The molecule has 3 amide bonds. The molecule has 3 aromatic carbocycles. The molecule has 0 saturated carbocycles. The number of hydrogen-bond donors (Lipinski definition) is 1. The van der Waals surface area contributed by atoms with Crippen LogP contribution >= 0.6 is 0 Å². The maximum Gasteiger partial charge on any atom is 0.259 e. The molecule has 0 saturated heterocycles. The average Bonchev–Trinajstić information content (AvgIpc) is 2.95. The molecule has 0 bridgehead atoms. The molecule has 28 heavy (non-hydrogen) atoms. The Morgan fingerprint density at radius 3 is 2.46 bits per heavy atom. The molecule has 6 nitrogen and oxygen atoms in total. The monoisotopic (exact) mass is 373 g/mol. The van der Waals surface area contributed by atoms with Crippen LogP contribution in [-0.2, 0) is 4.79 Å². The summed E-state index contributed by atoms with van der Waals surface area (Å²) in [5.41, 5.74) is 2.35. The highest BCUT2D eigenvalue weighted by molar-refractivity contribution is 6.26. The molecule has 0 unspecified atom stereocenters. The standard InChI is InChI=1S/C22H19N3O3/c1-24(2)21(27)15-8-3-9-16(12-15)23-19(26)13-25-18-11-5-7-14-6-4-10-17(20(14)18)22(25)28/h3-12H,13H2,1-2H3,(H,23,26). The van der Waals surface area contributed by atoms with E-state index in [1.807, 2.05) is 30.3 Å². The second kappa shape index (κ2) is 6.81. The van der Waals surface area contributed by atoms with E-state index in [1.54, 1.807) is 44.4 Å². The highest BCUT2D eigenvalue weighted by atomic mass is 16.2. The highest BCUT2D eigenvalue weighted by Gasteiger charge is 2.30. The minimum absolute atomic E-state index is 0.0987. The van der Waals surface area contributed by atoms with Crippen LogP contribution in [0.1, 0.15) is 20.7 Å². The smallest absolute Gasteiger partial charge is 0.259 e. The van der Waals surface area contributed by atoms with E-state index in [1.165, 1.54) is 9.80 Å². The molecule has 1 aliphatic rings. The van der Waals surface area contributed by atoms with Gasteiger partial charge in [0, 0.05) is 36.3 Å². The molecule has 0 aliphatic carbocycles. The first kappa shape index (κ1) is 17.7. The second-order valence-electron chi connectivity index (χ2n) is 6.90. The van der Waals surface area contributed by atoms with Crippen LogP contribution in [-0.4, -0.2) is 43.3 Å². The Morgan fingerprint density at radius 1 is 1.00 bits per heavy atom. The van der Waals surface area contributed by atoms with Crippen LogP contribution in [0.15, 0.2) is 60.7 Å². The van der Waals surface area contributed by atoms with Crippen LogP contribution in [0.3, 0.4) is 0 Å². The first-order chi connectivity index (χ1) is 13.5. The summed E-state index contributed by atoms with van der Waals surface area (Å²) in [4.78, 5) is 40.4. The number of amides is 3. The minimum Gasteiger partial charge on any atom is -0.345 e. The zero-order valence-electron chi connectivity index (χ0n) is 15.6. The number of hydrogen-bond acceptors (Lipinski definition) is 3. The summed E-state index contributed by atoms with van der Waals surface area (Å²) in [5, 5.41) is 4.63. The molecular weight excluding hydrogens is 354 g/mol. The molecule has 0 atom stereocenters. The van der Waals surface area contributed by atoms with Crippen LogP contribution in [0.2, 0.25) is 0 Å². The predicted molar refractivity (Wildman–Crippen MR) is 109 cm³/mol. The second-order valence-corrected chi connectivity index (χ2v) is 6.90. The van der Waals surface area contributed by atoms with Gasteiger partial charge in [0.2, 0.25) is 5.91 Å². The lowest BCUT2D eigenvalue weighted by atomic mass is 10.1. The summed E-state index contributed by atoms with van der Waals surface area (Å²) in [6.45, 7) is -0.0987. The van der Waals surface area contributed by atoms with Gasteiger partial charge in [0.25, 0.3) is 11.8 Å². The van der Waals surface area contributed by atoms with E-state index in [4.69, 9.17) is 0 Å². The van der Waals surface area contributed by atoms with Crippen molar-refractivity contribution in [2.24, 2.45) is 0 Å². The van der Waals surface area contributed by atoms with Gasteiger partial charge in [-0.2, -0.15) is 0 Å². The zero-order chi connectivity index (χ0) is 19.8. The maximum atomic E-state index is 12.8. The van der Waals surface area contributed by atoms with Gasteiger partial charge in [-0.3, -0.25) is 19.3 Å². The molecule has 1 aliphatic heterocycles. The molecule has 0 aromatic heterocycles. The summed E-state index contributed by atoms with van der Waals surface area (Å²) in [5.74, 6) is -0.654. The molecule has 0 radical (unpaired) electrons. The number of nitrogens with one attached hydrogen (secondary N) is 1. The Bertz CT molecular complexity index is 1120. The van der Waals surface area contributed by atoms with E-state index < -0.39 is 0 Å². The van der Waals surface area contributed by atoms with Gasteiger partial charge in [-0.25, -0.2) is 0 Å². The fourth-order valence-electron chi connectivity index (χ4n) is 3.47. The van der Waals surface area contributed by atoms with Crippen LogP contribution in [0.4, 0.5) is 11.4 Å². The number of carbonyl (C=O) groups excluding carboxylic acids is 3.